The van der Waals surface area contributed by atoms with Crippen LogP contribution in [-0.4, -0.2) is 70.1 Å². The predicted octanol–water partition coefficient (Wildman–Crippen LogP) is 0.778. The molecule has 2 saturated heterocycles. The molecule has 2 heterocycles. The van der Waals surface area contributed by atoms with Gasteiger partial charge in [-0.25, -0.2) is 0 Å². The fourth-order valence-corrected chi connectivity index (χ4v) is 3.42. The summed E-state index contributed by atoms with van der Waals surface area (Å²) in [5.41, 5.74) is 0.947. The first kappa shape index (κ1) is 19.0. The van der Waals surface area contributed by atoms with Crippen LogP contribution in [0.2, 0.25) is 0 Å². The lowest BCUT2D eigenvalue weighted by atomic mass is 10.1. The minimum atomic E-state index is -0.407. The van der Waals surface area contributed by atoms with Gasteiger partial charge in [0.25, 0.3) is 5.69 Å². The number of imide groups is 1. The van der Waals surface area contributed by atoms with Gasteiger partial charge >= 0.3 is 0 Å². The van der Waals surface area contributed by atoms with Crippen LogP contribution in [-0.2, 0) is 20.9 Å². The summed E-state index contributed by atoms with van der Waals surface area (Å²) >= 11 is 0. The number of carbonyl (C=O) groups excluding carboxylic acids is 3. The van der Waals surface area contributed by atoms with Crippen LogP contribution in [0.5, 0.6) is 0 Å². The number of piperazine rings is 1. The Labute approximate surface area is 156 Å². The molecule has 2 aliphatic heterocycles. The number of nitro groups is 1. The third-order valence-electron chi connectivity index (χ3n) is 4.96. The fourth-order valence-electron chi connectivity index (χ4n) is 3.42. The molecule has 1 aromatic rings. The van der Waals surface area contributed by atoms with Crippen molar-refractivity contribution < 1.29 is 19.3 Å². The van der Waals surface area contributed by atoms with Crippen LogP contribution in [0, 0.1) is 10.1 Å². The number of amides is 3. The van der Waals surface area contributed by atoms with Crippen LogP contribution in [0.4, 0.5) is 5.69 Å². The summed E-state index contributed by atoms with van der Waals surface area (Å²) in [7, 11) is 0. The molecule has 0 aromatic heterocycles. The SMILES string of the molecule is O=C(CCN1C(=O)CCC1=O)N1CCN(Cc2cccc([N+](=O)[O-])c2)CC1. The third kappa shape index (κ3) is 4.68. The van der Waals surface area contributed by atoms with E-state index in [0.29, 0.717) is 32.7 Å². The quantitative estimate of drug-likeness (QED) is 0.414. The zero-order chi connectivity index (χ0) is 19.4. The predicted molar refractivity (Wildman–Crippen MR) is 95.5 cm³/mol. The molecule has 2 fully saturated rings. The van der Waals surface area contributed by atoms with Gasteiger partial charge in [-0.3, -0.25) is 34.3 Å². The Morgan fingerprint density at radius 1 is 1.07 bits per heavy atom. The van der Waals surface area contributed by atoms with E-state index in [0.717, 1.165) is 5.56 Å². The second-order valence-corrected chi connectivity index (χ2v) is 6.77. The molecule has 0 saturated carbocycles. The van der Waals surface area contributed by atoms with Gasteiger partial charge in [-0.05, 0) is 5.56 Å². The molecular weight excluding hydrogens is 352 g/mol. The van der Waals surface area contributed by atoms with Crippen molar-refractivity contribution in [2.24, 2.45) is 0 Å². The summed E-state index contributed by atoms with van der Waals surface area (Å²) in [4.78, 5) is 51.0. The van der Waals surface area contributed by atoms with Crippen molar-refractivity contribution in [3.8, 4) is 0 Å². The molecule has 1 aromatic carbocycles. The van der Waals surface area contributed by atoms with Crippen molar-refractivity contribution in [3.63, 3.8) is 0 Å². The zero-order valence-electron chi connectivity index (χ0n) is 15.0. The lowest BCUT2D eigenvalue weighted by molar-refractivity contribution is -0.384. The highest BCUT2D eigenvalue weighted by atomic mass is 16.6. The standard InChI is InChI=1S/C18H22N4O5/c23-16(6-7-21-17(24)4-5-18(21)25)20-10-8-19(9-11-20)13-14-2-1-3-15(12-14)22(26)27/h1-3,12H,4-11,13H2. The van der Waals surface area contributed by atoms with Crippen LogP contribution < -0.4 is 0 Å². The van der Waals surface area contributed by atoms with Crippen LogP contribution >= 0.6 is 0 Å². The molecule has 0 atom stereocenters. The average molecular weight is 374 g/mol. The summed E-state index contributed by atoms with van der Waals surface area (Å²) in [6, 6.07) is 6.57. The van der Waals surface area contributed by atoms with Crippen molar-refractivity contribution >= 4 is 23.4 Å². The minimum Gasteiger partial charge on any atom is -0.340 e. The lowest BCUT2D eigenvalue weighted by Gasteiger charge is -2.35. The van der Waals surface area contributed by atoms with Crippen molar-refractivity contribution in [2.45, 2.75) is 25.8 Å². The number of non-ortho nitro benzene ring substituents is 1. The molecule has 0 N–H and O–H groups in total. The first-order chi connectivity index (χ1) is 12.9. The number of hydrogen-bond acceptors (Lipinski definition) is 6. The number of nitro benzene ring substituents is 1. The van der Waals surface area contributed by atoms with Crippen LogP contribution in [0.1, 0.15) is 24.8 Å². The van der Waals surface area contributed by atoms with E-state index in [4.69, 9.17) is 0 Å². The Kier molecular flexibility index (Phi) is 5.80. The molecule has 9 nitrogen and oxygen atoms in total. The number of hydrogen-bond donors (Lipinski definition) is 0. The second-order valence-electron chi connectivity index (χ2n) is 6.77. The second kappa shape index (κ2) is 8.26. The van der Waals surface area contributed by atoms with Gasteiger partial charge in [0.1, 0.15) is 0 Å². The van der Waals surface area contributed by atoms with E-state index in [1.807, 2.05) is 6.07 Å². The average Bonchev–Trinajstić information content (AvgIpc) is 2.98. The van der Waals surface area contributed by atoms with E-state index in [-0.39, 0.29) is 49.2 Å². The summed E-state index contributed by atoms with van der Waals surface area (Å²) in [5.74, 6) is -0.457. The van der Waals surface area contributed by atoms with Crippen molar-refractivity contribution in [3.05, 3.63) is 39.9 Å². The Morgan fingerprint density at radius 2 is 1.74 bits per heavy atom. The number of benzene rings is 1. The Bertz CT molecular complexity index is 742. The van der Waals surface area contributed by atoms with Crippen molar-refractivity contribution in [1.29, 1.82) is 0 Å². The van der Waals surface area contributed by atoms with Gasteiger partial charge < -0.3 is 4.90 Å². The number of rotatable bonds is 6. The highest BCUT2D eigenvalue weighted by Crippen LogP contribution is 2.16. The number of nitrogens with zero attached hydrogens (tertiary/aromatic N) is 4. The molecule has 0 unspecified atom stereocenters. The van der Waals surface area contributed by atoms with Crippen molar-refractivity contribution in [2.75, 3.05) is 32.7 Å². The van der Waals surface area contributed by atoms with E-state index < -0.39 is 4.92 Å². The molecule has 9 heteroatoms. The molecular formula is C18H22N4O5. The van der Waals surface area contributed by atoms with Crippen molar-refractivity contribution in [1.82, 2.24) is 14.7 Å². The normalized spacial score (nSPS) is 18.2. The maximum Gasteiger partial charge on any atom is 0.269 e. The van der Waals surface area contributed by atoms with Gasteiger partial charge in [0.15, 0.2) is 0 Å². The van der Waals surface area contributed by atoms with Crippen LogP contribution in [0.3, 0.4) is 0 Å². The third-order valence-corrected chi connectivity index (χ3v) is 4.96. The fraction of sp³-hybridized carbons (Fsp3) is 0.500. The van der Waals surface area contributed by atoms with Gasteiger partial charge in [0.2, 0.25) is 17.7 Å². The number of likely N-dealkylation sites (tertiary alicyclic amines) is 1. The van der Waals surface area contributed by atoms with Crippen LogP contribution in [0.15, 0.2) is 24.3 Å². The van der Waals surface area contributed by atoms with E-state index in [2.05, 4.69) is 4.90 Å². The molecule has 3 rings (SSSR count). The minimum absolute atomic E-state index is 0.0579. The summed E-state index contributed by atoms with van der Waals surface area (Å²) in [6.45, 7) is 3.24. The monoisotopic (exact) mass is 374 g/mol. The Morgan fingerprint density at radius 3 is 2.37 bits per heavy atom. The molecule has 27 heavy (non-hydrogen) atoms. The lowest BCUT2D eigenvalue weighted by Crippen LogP contribution is -2.49. The van der Waals surface area contributed by atoms with Gasteiger partial charge in [0.05, 0.1) is 4.92 Å². The van der Waals surface area contributed by atoms with E-state index in [1.54, 1.807) is 17.0 Å². The molecule has 2 aliphatic rings. The molecule has 0 bridgehead atoms. The first-order valence-corrected chi connectivity index (χ1v) is 9.00. The largest absolute Gasteiger partial charge is 0.340 e. The molecule has 3 amide bonds. The van der Waals surface area contributed by atoms with Gasteiger partial charge in [-0.15, -0.1) is 0 Å². The highest BCUT2D eigenvalue weighted by Gasteiger charge is 2.30. The maximum absolute atomic E-state index is 12.3. The van der Waals surface area contributed by atoms with Crippen LogP contribution in [0.25, 0.3) is 0 Å². The van der Waals surface area contributed by atoms with E-state index in [1.165, 1.54) is 11.0 Å². The Hall–Kier alpha value is -2.81. The van der Waals surface area contributed by atoms with Gasteiger partial charge in [-0.2, -0.15) is 0 Å². The smallest absolute Gasteiger partial charge is 0.269 e. The summed E-state index contributed by atoms with van der Waals surface area (Å²) in [6.07, 6.45) is 0.634. The molecule has 0 aliphatic carbocycles. The summed E-state index contributed by atoms with van der Waals surface area (Å²) < 4.78 is 0. The zero-order valence-corrected chi connectivity index (χ0v) is 15.0. The Balaban J connectivity index is 1.45. The topological polar surface area (TPSA) is 104 Å². The first-order valence-electron chi connectivity index (χ1n) is 9.00. The molecule has 0 radical (unpaired) electrons. The van der Waals surface area contributed by atoms with Gasteiger partial charge in [0, 0.05) is 70.7 Å². The highest BCUT2D eigenvalue weighted by molar-refractivity contribution is 6.02. The number of carbonyl (C=O) groups is 3. The molecule has 144 valence electrons. The van der Waals surface area contributed by atoms with Gasteiger partial charge in [-0.1, -0.05) is 12.1 Å². The van der Waals surface area contributed by atoms with E-state index in [9.17, 15) is 24.5 Å². The maximum atomic E-state index is 12.3. The molecule has 0 spiro atoms. The van der Waals surface area contributed by atoms with E-state index >= 15 is 0 Å². The summed E-state index contributed by atoms with van der Waals surface area (Å²) in [5, 5.41) is 10.9.